The van der Waals surface area contributed by atoms with E-state index in [1.165, 1.54) is 33.8 Å². The summed E-state index contributed by atoms with van der Waals surface area (Å²) in [5.41, 5.74) is 1.17. The number of hydrogen-bond donors (Lipinski definition) is 0. The minimum absolute atomic E-state index is 0.760. The number of benzene rings is 1. The highest BCUT2D eigenvalue weighted by molar-refractivity contribution is 6.81. The maximum absolute atomic E-state index is 2.45. The van der Waals surface area contributed by atoms with Crippen LogP contribution in [-0.4, -0.2) is 18.3 Å². The van der Waals surface area contributed by atoms with E-state index in [0.717, 1.165) is 0 Å². The predicted molar refractivity (Wildman–Crippen MR) is 95.4 cm³/mol. The van der Waals surface area contributed by atoms with Gasteiger partial charge in [-0.1, -0.05) is 100 Å². The summed E-state index contributed by atoms with van der Waals surface area (Å²) in [6.07, 6.45) is 6.09. The molecule has 1 heterocycles. The molecular weight excluding hydrogens is 260 g/mol. The van der Waals surface area contributed by atoms with Gasteiger partial charge in [-0.25, -0.2) is 0 Å². The van der Waals surface area contributed by atoms with Crippen LogP contribution < -0.4 is 5.19 Å². The Morgan fingerprint density at radius 1 is 1.05 bits per heavy atom. The van der Waals surface area contributed by atoms with Gasteiger partial charge in [-0.3, -0.25) is 0 Å². The van der Waals surface area contributed by atoms with Crippen molar-refractivity contribution in [1.29, 1.82) is 0 Å². The molecule has 108 valence electrons. The normalized spacial score (nSPS) is 21.5. The topological polar surface area (TPSA) is 0 Å². The second-order valence-corrected chi connectivity index (χ2v) is 12.7. The zero-order valence-electron chi connectivity index (χ0n) is 13.4. The Bertz CT molecular complexity index is 330. The second kappa shape index (κ2) is 8.75. The van der Waals surface area contributed by atoms with E-state index in [-0.39, 0.29) is 0 Å². The minimum atomic E-state index is -0.760. The van der Waals surface area contributed by atoms with Crippen molar-refractivity contribution in [3.05, 3.63) is 30.3 Å². The highest BCUT2D eigenvalue weighted by Crippen LogP contribution is 2.44. The molecule has 0 nitrogen and oxygen atoms in total. The highest BCUT2D eigenvalue weighted by atomic mass is 28.3. The van der Waals surface area contributed by atoms with E-state index in [4.69, 9.17) is 0 Å². The first kappa shape index (κ1) is 16.7. The Hall–Kier alpha value is -0.346. The summed E-state index contributed by atoms with van der Waals surface area (Å²) < 4.78 is 0. The van der Waals surface area contributed by atoms with Crippen LogP contribution in [-0.2, 0) is 0 Å². The van der Waals surface area contributed by atoms with Gasteiger partial charge in [0.1, 0.15) is 0 Å². The zero-order chi connectivity index (χ0) is 14.1. The van der Waals surface area contributed by atoms with E-state index in [0.29, 0.717) is 0 Å². The quantitative estimate of drug-likeness (QED) is 0.735. The molecule has 1 aliphatic heterocycles. The fourth-order valence-corrected chi connectivity index (χ4v) is 9.52. The molecule has 1 aromatic rings. The van der Waals surface area contributed by atoms with Crippen LogP contribution in [0.4, 0.5) is 0 Å². The third-order valence-corrected chi connectivity index (χ3v) is 12.4. The molecule has 0 spiro atoms. The molecular formula is C17H32Si2. The smallest absolute Gasteiger partial charge is 0.0561 e. The van der Waals surface area contributed by atoms with Gasteiger partial charge in [-0.05, 0) is 5.54 Å². The average Bonchev–Trinajstić information content (AvgIpc) is 2.48. The van der Waals surface area contributed by atoms with E-state index >= 15 is 0 Å². The Morgan fingerprint density at radius 3 is 2.05 bits per heavy atom. The van der Waals surface area contributed by atoms with Crippen LogP contribution >= 0.6 is 0 Å². The summed E-state index contributed by atoms with van der Waals surface area (Å²) in [5.74, 6) is 0. The van der Waals surface area contributed by atoms with Crippen molar-refractivity contribution in [2.24, 2.45) is 0 Å². The standard InChI is InChI=1S/C11H24Si.C6H8Si/c1-4-11-9-7-8-10-12(11,5-2)6-3;7-6-4-2-1-3-5-6/h11H,4-10H2,1-3H3;1-5H,7H3. The van der Waals surface area contributed by atoms with Crippen molar-refractivity contribution in [3.63, 3.8) is 0 Å². The average molecular weight is 293 g/mol. The first-order chi connectivity index (χ1) is 9.18. The summed E-state index contributed by atoms with van der Waals surface area (Å²) in [5, 5.41) is 1.46. The maximum Gasteiger partial charge on any atom is 0.0561 e. The van der Waals surface area contributed by atoms with Crippen LogP contribution in [0.2, 0.25) is 23.7 Å². The summed E-state index contributed by atoms with van der Waals surface area (Å²) in [6.45, 7) is 7.30. The maximum atomic E-state index is 2.45. The third-order valence-electron chi connectivity index (χ3n) is 5.18. The van der Waals surface area contributed by atoms with E-state index in [1.807, 2.05) is 6.07 Å². The van der Waals surface area contributed by atoms with Crippen LogP contribution in [0.1, 0.15) is 46.5 Å². The predicted octanol–water partition coefficient (Wildman–Crippen LogP) is 4.12. The lowest BCUT2D eigenvalue weighted by Crippen LogP contribution is -2.40. The van der Waals surface area contributed by atoms with Crippen molar-refractivity contribution in [3.8, 4) is 0 Å². The van der Waals surface area contributed by atoms with Gasteiger partial charge < -0.3 is 0 Å². The van der Waals surface area contributed by atoms with Crippen molar-refractivity contribution in [1.82, 2.24) is 0 Å². The molecule has 1 unspecified atom stereocenters. The molecule has 0 saturated carbocycles. The molecule has 1 aromatic carbocycles. The molecule has 0 amide bonds. The number of rotatable bonds is 3. The molecule has 2 rings (SSSR count). The molecule has 0 aromatic heterocycles. The van der Waals surface area contributed by atoms with Gasteiger partial charge in [0.25, 0.3) is 0 Å². The lowest BCUT2D eigenvalue weighted by Gasteiger charge is -2.41. The minimum Gasteiger partial charge on any atom is -0.0708 e. The fraction of sp³-hybridized carbons (Fsp3) is 0.647. The Balaban J connectivity index is 0.000000218. The first-order valence-corrected chi connectivity index (χ1v) is 11.9. The lowest BCUT2D eigenvalue weighted by atomic mass is 10.1. The molecule has 1 saturated heterocycles. The van der Waals surface area contributed by atoms with E-state index in [2.05, 4.69) is 45.0 Å². The molecule has 0 N–H and O–H groups in total. The monoisotopic (exact) mass is 292 g/mol. The molecule has 0 bridgehead atoms. The Labute approximate surface area is 124 Å². The van der Waals surface area contributed by atoms with E-state index in [1.54, 1.807) is 31.0 Å². The van der Waals surface area contributed by atoms with E-state index < -0.39 is 8.07 Å². The molecule has 1 fully saturated rings. The number of hydrogen-bond acceptors (Lipinski definition) is 0. The van der Waals surface area contributed by atoms with E-state index in [9.17, 15) is 0 Å². The highest BCUT2D eigenvalue weighted by Gasteiger charge is 2.38. The third kappa shape index (κ3) is 4.92. The Kier molecular flexibility index (Phi) is 7.70. The first-order valence-electron chi connectivity index (χ1n) is 8.20. The van der Waals surface area contributed by atoms with Gasteiger partial charge in [-0.15, -0.1) is 0 Å². The molecule has 2 heteroatoms. The summed E-state index contributed by atoms with van der Waals surface area (Å²) >= 11 is 0. The fourth-order valence-electron chi connectivity index (χ4n) is 3.73. The summed E-state index contributed by atoms with van der Waals surface area (Å²) in [4.78, 5) is 0. The van der Waals surface area contributed by atoms with Crippen molar-refractivity contribution < 1.29 is 0 Å². The van der Waals surface area contributed by atoms with Crippen molar-refractivity contribution in [2.75, 3.05) is 0 Å². The summed E-state index contributed by atoms with van der Waals surface area (Å²) in [7, 11) is 0.414. The molecule has 1 atom stereocenters. The van der Waals surface area contributed by atoms with Gasteiger partial charge in [0.05, 0.1) is 8.07 Å². The molecule has 0 radical (unpaired) electrons. The Morgan fingerprint density at radius 2 is 1.68 bits per heavy atom. The molecule has 0 aliphatic carbocycles. The van der Waals surface area contributed by atoms with Gasteiger partial charge >= 0.3 is 0 Å². The van der Waals surface area contributed by atoms with Gasteiger partial charge in [0, 0.05) is 10.2 Å². The summed E-state index contributed by atoms with van der Waals surface area (Å²) in [6, 6.07) is 15.2. The van der Waals surface area contributed by atoms with Crippen LogP contribution in [0.5, 0.6) is 0 Å². The van der Waals surface area contributed by atoms with Crippen LogP contribution in [0.25, 0.3) is 0 Å². The lowest BCUT2D eigenvalue weighted by molar-refractivity contribution is 0.584. The van der Waals surface area contributed by atoms with Crippen LogP contribution in [0, 0.1) is 0 Å². The van der Waals surface area contributed by atoms with Crippen molar-refractivity contribution >= 4 is 23.5 Å². The van der Waals surface area contributed by atoms with Crippen molar-refractivity contribution in [2.45, 2.75) is 70.1 Å². The molecule has 19 heavy (non-hydrogen) atoms. The van der Waals surface area contributed by atoms with Gasteiger partial charge in [0.15, 0.2) is 0 Å². The van der Waals surface area contributed by atoms with Gasteiger partial charge in [-0.2, -0.15) is 0 Å². The van der Waals surface area contributed by atoms with Crippen LogP contribution in [0.3, 0.4) is 0 Å². The molecule has 1 aliphatic rings. The second-order valence-electron chi connectivity index (χ2n) is 6.08. The van der Waals surface area contributed by atoms with Crippen LogP contribution in [0.15, 0.2) is 30.3 Å². The SMILES string of the molecule is CCC1CCCC[Si]1(CC)CC.[SiH3]c1ccccc1. The van der Waals surface area contributed by atoms with Gasteiger partial charge in [0.2, 0.25) is 0 Å². The zero-order valence-corrected chi connectivity index (χ0v) is 16.4. The largest absolute Gasteiger partial charge is 0.0708 e.